The summed E-state index contributed by atoms with van der Waals surface area (Å²) in [5, 5.41) is 0. The number of ether oxygens (including phenoxy) is 1. The van der Waals surface area contributed by atoms with E-state index in [1.54, 1.807) is 6.07 Å². The lowest BCUT2D eigenvalue weighted by atomic mass is 10.1. The highest BCUT2D eigenvalue weighted by Gasteiger charge is 2.22. The molecule has 0 radical (unpaired) electrons. The zero-order valence-corrected chi connectivity index (χ0v) is 13.0. The molecule has 0 amide bonds. The van der Waals surface area contributed by atoms with Gasteiger partial charge in [-0.05, 0) is 38.1 Å². The summed E-state index contributed by atoms with van der Waals surface area (Å²) in [6, 6.07) is 5.49. The SMILES string of the molecule is CCCN1CCN(c2ccc(N)cc2C(=O)OCC)CC1. The molecule has 0 aromatic heterocycles. The first kappa shape index (κ1) is 15.6. The number of carbonyl (C=O) groups excluding carboxylic acids is 1. The van der Waals surface area contributed by atoms with E-state index in [0.717, 1.165) is 38.4 Å². The van der Waals surface area contributed by atoms with Crippen LogP contribution in [0.4, 0.5) is 11.4 Å². The average molecular weight is 291 g/mol. The van der Waals surface area contributed by atoms with Crippen LogP contribution in [0, 0.1) is 0 Å². The molecule has 116 valence electrons. The molecular weight excluding hydrogens is 266 g/mol. The van der Waals surface area contributed by atoms with Gasteiger partial charge in [-0.15, -0.1) is 0 Å². The molecule has 1 aliphatic heterocycles. The van der Waals surface area contributed by atoms with E-state index in [2.05, 4.69) is 16.7 Å². The molecule has 1 heterocycles. The van der Waals surface area contributed by atoms with Crippen molar-refractivity contribution in [2.75, 3.05) is 50.0 Å². The minimum Gasteiger partial charge on any atom is -0.462 e. The van der Waals surface area contributed by atoms with Crippen LogP contribution in [-0.4, -0.2) is 50.2 Å². The zero-order chi connectivity index (χ0) is 15.2. The summed E-state index contributed by atoms with van der Waals surface area (Å²) in [7, 11) is 0. The van der Waals surface area contributed by atoms with Gasteiger partial charge in [0.15, 0.2) is 0 Å². The van der Waals surface area contributed by atoms with Crippen molar-refractivity contribution in [2.45, 2.75) is 20.3 Å². The summed E-state index contributed by atoms with van der Waals surface area (Å²) < 4.78 is 5.14. The molecule has 5 nitrogen and oxygen atoms in total. The van der Waals surface area contributed by atoms with Gasteiger partial charge in [0.1, 0.15) is 0 Å². The predicted octanol–water partition coefficient (Wildman–Crippen LogP) is 1.98. The second-order valence-electron chi connectivity index (χ2n) is 5.33. The number of esters is 1. The Labute approximate surface area is 126 Å². The third-order valence-corrected chi connectivity index (χ3v) is 3.77. The molecule has 1 aliphatic rings. The van der Waals surface area contributed by atoms with E-state index in [1.807, 2.05) is 19.1 Å². The van der Waals surface area contributed by atoms with Gasteiger partial charge in [0.2, 0.25) is 0 Å². The highest BCUT2D eigenvalue weighted by molar-refractivity contribution is 5.97. The number of anilines is 2. The van der Waals surface area contributed by atoms with Crippen LogP contribution in [0.25, 0.3) is 0 Å². The highest BCUT2D eigenvalue weighted by atomic mass is 16.5. The summed E-state index contributed by atoms with van der Waals surface area (Å²) in [5.74, 6) is -0.296. The summed E-state index contributed by atoms with van der Waals surface area (Å²) in [5.41, 5.74) is 7.91. The molecule has 0 atom stereocenters. The first-order valence-electron chi connectivity index (χ1n) is 7.69. The second-order valence-corrected chi connectivity index (χ2v) is 5.33. The number of nitrogens with zero attached hydrogens (tertiary/aromatic N) is 2. The molecule has 0 unspecified atom stereocenters. The number of rotatable bonds is 5. The van der Waals surface area contributed by atoms with Crippen molar-refractivity contribution >= 4 is 17.3 Å². The Hall–Kier alpha value is -1.75. The molecule has 0 aliphatic carbocycles. The van der Waals surface area contributed by atoms with Crippen LogP contribution in [0.3, 0.4) is 0 Å². The standard InChI is InChI=1S/C16H25N3O2/c1-3-7-18-8-10-19(11-9-18)15-6-5-13(17)12-14(15)16(20)21-4-2/h5-6,12H,3-4,7-11,17H2,1-2H3. The maximum absolute atomic E-state index is 12.1. The summed E-state index contributed by atoms with van der Waals surface area (Å²) in [6.45, 7) is 9.43. The van der Waals surface area contributed by atoms with Gasteiger partial charge in [0.05, 0.1) is 17.9 Å². The summed E-state index contributed by atoms with van der Waals surface area (Å²) in [6.07, 6.45) is 1.18. The monoisotopic (exact) mass is 291 g/mol. The molecule has 0 saturated carbocycles. The first-order chi connectivity index (χ1) is 10.2. The van der Waals surface area contributed by atoms with Crippen molar-refractivity contribution in [1.29, 1.82) is 0 Å². The van der Waals surface area contributed by atoms with Gasteiger partial charge in [-0.25, -0.2) is 4.79 Å². The molecule has 1 aromatic rings. The lowest BCUT2D eigenvalue weighted by Crippen LogP contribution is -2.47. The Kier molecular flexibility index (Phi) is 5.44. The lowest BCUT2D eigenvalue weighted by molar-refractivity contribution is 0.0527. The minimum atomic E-state index is -0.296. The van der Waals surface area contributed by atoms with Gasteiger partial charge < -0.3 is 15.4 Å². The lowest BCUT2D eigenvalue weighted by Gasteiger charge is -2.36. The Morgan fingerprint density at radius 3 is 2.57 bits per heavy atom. The first-order valence-corrected chi connectivity index (χ1v) is 7.69. The normalized spacial score (nSPS) is 16.0. The molecular formula is C16H25N3O2. The minimum absolute atomic E-state index is 0.296. The van der Waals surface area contributed by atoms with Crippen molar-refractivity contribution in [3.8, 4) is 0 Å². The van der Waals surface area contributed by atoms with E-state index in [4.69, 9.17) is 10.5 Å². The van der Waals surface area contributed by atoms with Gasteiger partial charge in [0, 0.05) is 31.9 Å². The molecule has 1 fully saturated rings. The fourth-order valence-electron chi connectivity index (χ4n) is 2.73. The molecule has 0 bridgehead atoms. The average Bonchev–Trinajstić information content (AvgIpc) is 2.49. The molecule has 0 spiro atoms. The van der Waals surface area contributed by atoms with Crippen LogP contribution >= 0.6 is 0 Å². The van der Waals surface area contributed by atoms with E-state index in [-0.39, 0.29) is 5.97 Å². The quantitative estimate of drug-likeness (QED) is 0.664. The molecule has 21 heavy (non-hydrogen) atoms. The Balaban J connectivity index is 2.14. The number of piperazine rings is 1. The number of carbonyl (C=O) groups is 1. The second kappa shape index (κ2) is 7.31. The number of nitrogens with two attached hydrogens (primary N) is 1. The third kappa shape index (κ3) is 3.88. The van der Waals surface area contributed by atoms with Crippen molar-refractivity contribution in [2.24, 2.45) is 0 Å². The van der Waals surface area contributed by atoms with Crippen LogP contribution in [0.1, 0.15) is 30.6 Å². The van der Waals surface area contributed by atoms with Crippen molar-refractivity contribution in [3.05, 3.63) is 23.8 Å². The molecule has 2 rings (SSSR count). The Morgan fingerprint density at radius 1 is 1.24 bits per heavy atom. The van der Waals surface area contributed by atoms with Crippen molar-refractivity contribution < 1.29 is 9.53 Å². The fraction of sp³-hybridized carbons (Fsp3) is 0.562. The molecule has 1 aromatic carbocycles. The van der Waals surface area contributed by atoms with Gasteiger partial charge in [-0.1, -0.05) is 6.92 Å². The predicted molar refractivity (Wildman–Crippen MR) is 85.8 cm³/mol. The maximum Gasteiger partial charge on any atom is 0.340 e. The Bertz CT molecular complexity index is 482. The van der Waals surface area contributed by atoms with Gasteiger partial charge in [-0.2, -0.15) is 0 Å². The van der Waals surface area contributed by atoms with Crippen molar-refractivity contribution in [3.63, 3.8) is 0 Å². The van der Waals surface area contributed by atoms with Crippen LogP contribution in [0.2, 0.25) is 0 Å². The summed E-state index contributed by atoms with van der Waals surface area (Å²) in [4.78, 5) is 16.8. The highest BCUT2D eigenvalue weighted by Crippen LogP contribution is 2.25. The molecule has 2 N–H and O–H groups in total. The summed E-state index contributed by atoms with van der Waals surface area (Å²) >= 11 is 0. The van der Waals surface area contributed by atoms with Gasteiger partial charge in [-0.3, -0.25) is 4.90 Å². The van der Waals surface area contributed by atoms with E-state index in [0.29, 0.717) is 17.9 Å². The van der Waals surface area contributed by atoms with Crippen molar-refractivity contribution in [1.82, 2.24) is 4.90 Å². The number of hydrogen-bond acceptors (Lipinski definition) is 5. The van der Waals surface area contributed by atoms with E-state index in [9.17, 15) is 4.79 Å². The van der Waals surface area contributed by atoms with Crippen LogP contribution in [0.15, 0.2) is 18.2 Å². The van der Waals surface area contributed by atoms with Gasteiger partial charge in [0.25, 0.3) is 0 Å². The number of nitrogen functional groups attached to an aromatic ring is 1. The molecule has 1 saturated heterocycles. The van der Waals surface area contributed by atoms with Gasteiger partial charge >= 0.3 is 5.97 Å². The van der Waals surface area contributed by atoms with E-state index >= 15 is 0 Å². The molecule has 5 heteroatoms. The van der Waals surface area contributed by atoms with E-state index in [1.165, 1.54) is 6.42 Å². The third-order valence-electron chi connectivity index (χ3n) is 3.77. The fourth-order valence-corrected chi connectivity index (χ4v) is 2.73. The maximum atomic E-state index is 12.1. The Morgan fingerprint density at radius 2 is 1.95 bits per heavy atom. The number of hydrogen-bond donors (Lipinski definition) is 1. The van der Waals surface area contributed by atoms with Crippen LogP contribution in [0.5, 0.6) is 0 Å². The largest absolute Gasteiger partial charge is 0.462 e. The van der Waals surface area contributed by atoms with Crippen LogP contribution < -0.4 is 10.6 Å². The smallest absolute Gasteiger partial charge is 0.340 e. The zero-order valence-electron chi connectivity index (χ0n) is 13.0. The number of benzene rings is 1. The topological polar surface area (TPSA) is 58.8 Å². The van der Waals surface area contributed by atoms with E-state index < -0.39 is 0 Å². The van der Waals surface area contributed by atoms with Crippen LogP contribution in [-0.2, 0) is 4.74 Å².